The Morgan fingerprint density at radius 1 is 1.50 bits per heavy atom. The highest BCUT2D eigenvalue weighted by molar-refractivity contribution is 7.10. The third kappa shape index (κ3) is 1.50. The lowest BCUT2D eigenvalue weighted by molar-refractivity contribution is -0.146. The summed E-state index contributed by atoms with van der Waals surface area (Å²) in [5.41, 5.74) is -0.498. The Bertz CT molecular complexity index is 345. The van der Waals surface area contributed by atoms with Crippen LogP contribution in [0.2, 0.25) is 5.02 Å². The topological polar surface area (TPSA) is 20.2 Å². The largest absolute Gasteiger partial charge is 0.389 e. The van der Waals surface area contributed by atoms with Crippen molar-refractivity contribution < 1.29 is 5.11 Å². The average molecular weight is 231 g/mol. The van der Waals surface area contributed by atoms with E-state index in [1.807, 2.05) is 11.4 Å². The van der Waals surface area contributed by atoms with Gasteiger partial charge in [0.25, 0.3) is 0 Å². The van der Waals surface area contributed by atoms with E-state index in [4.69, 9.17) is 11.6 Å². The number of halogens is 1. The molecule has 1 aromatic rings. The minimum atomic E-state index is -0.540. The highest BCUT2D eigenvalue weighted by atomic mass is 35.5. The van der Waals surface area contributed by atoms with Gasteiger partial charge in [0.2, 0.25) is 0 Å². The van der Waals surface area contributed by atoms with E-state index in [-0.39, 0.29) is 5.41 Å². The van der Waals surface area contributed by atoms with E-state index in [2.05, 4.69) is 13.8 Å². The van der Waals surface area contributed by atoms with Crippen molar-refractivity contribution in [3.63, 3.8) is 0 Å². The average Bonchev–Trinajstić information content (AvgIpc) is 2.50. The van der Waals surface area contributed by atoms with E-state index < -0.39 is 5.60 Å². The second-order valence-electron chi connectivity index (χ2n) is 4.78. The quantitative estimate of drug-likeness (QED) is 0.825. The summed E-state index contributed by atoms with van der Waals surface area (Å²) in [6.07, 6.45) is 2.71. The van der Waals surface area contributed by atoms with Gasteiger partial charge in [-0.1, -0.05) is 25.4 Å². The zero-order valence-corrected chi connectivity index (χ0v) is 10.1. The molecule has 0 spiro atoms. The van der Waals surface area contributed by atoms with Gasteiger partial charge in [0, 0.05) is 11.3 Å². The number of hydrogen-bond donors (Lipinski definition) is 1. The Morgan fingerprint density at radius 3 is 2.57 bits per heavy atom. The maximum atomic E-state index is 10.4. The fourth-order valence-corrected chi connectivity index (χ4v) is 3.17. The van der Waals surface area contributed by atoms with Crippen molar-refractivity contribution in [3.8, 4) is 0 Å². The molecule has 1 aliphatic carbocycles. The molecule has 0 radical (unpaired) electrons. The molecule has 1 nitrogen and oxygen atoms in total. The maximum absolute atomic E-state index is 10.4. The summed E-state index contributed by atoms with van der Waals surface area (Å²) >= 11 is 7.65. The molecule has 1 atom stereocenters. The van der Waals surface area contributed by atoms with Crippen LogP contribution in [0.25, 0.3) is 0 Å². The van der Waals surface area contributed by atoms with Gasteiger partial charge in [-0.15, -0.1) is 11.3 Å². The fraction of sp³-hybridized carbons (Fsp3) is 0.636. The first-order valence-corrected chi connectivity index (χ1v) is 6.15. The van der Waals surface area contributed by atoms with E-state index in [1.54, 1.807) is 11.3 Å². The summed E-state index contributed by atoms with van der Waals surface area (Å²) in [7, 11) is 0. The molecule has 1 aliphatic rings. The minimum Gasteiger partial charge on any atom is -0.389 e. The van der Waals surface area contributed by atoms with Crippen LogP contribution in [0.4, 0.5) is 0 Å². The monoisotopic (exact) mass is 230 g/mol. The minimum absolute atomic E-state index is 0.0420. The zero-order chi connectivity index (χ0) is 10.4. The molecule has 1 saturated carbocycles. The van der Waals surface area contributed by atoms with Crippen LogP contribution in [0.15, 0.2) is 11.4 Å². The first kappa shape index (κ1) is 10.5. The Labute approximate surface area is 93.7 Å². The molecule has 0 amide bonds. The molecule has 1 N–H and O–H groups in total. The Hall–Kier alpha value is -0.0500. The molecule has 0 aliphatic heterocycles. The van der Waals surface area contributed by atoms with Crippen molar-refractivity contribution in [2.75, 3.05) is 0 Å². The summed E-state index contributed by atoms with van der Waals surface area (Å²) in [5.74, 6) is 0. The van der Waals surface area contributed by atoms with Crippen LogP contribution in [0, 0.1) is 5.41 Å². The van der Waals surface area contributed by atoms with Gasteiger partial charge in [-0.05, 0) is 29.7 Å². The lowest BCUT2D eigenvalue weighted by Crippen LogP contribution is -2.55. The van der Waals surface area contributed by atoms with Crippen LogP contribution in [0.3, 0.4) is 0 Å². The smallest absolute Gasteiger partial charge is 0.0747 e. The summed E-state index contributed by atoms with van der Waals surface area (Å²) in [6, 6.07) is 1.90. The second kappa shape index (κ2) is 3.22. The molecule has 1 heterocycles. The van der Waals surface area contributed by atoms with Crippen LogP contribution in [-0.2, 0) is 6.42 Å². The van der Waals surface area contributed by atoms with E-state index in [9.17, 15) is 5.11 Å². The number of hydrogen-bond acceptors (Lipinski definition) is 2. The number of rotatable bonds is 2. The van der Waals surface area contributed by atoms with Crippen LogP contribution in [-0.4, -0.2) is 10.7 Å². The van der Waals surface area contributed by atoms with Gasteiger partial charge in [-0.25, -0.2) is 0 Å². The van der Waals surface area contributed by atoms with Gasteiger partial charge in [0.15, 0.2) is 0 Å². The highest BCUT2D eigenvalue weighted by Crippen LogP contribution is 2.51. The molecule has 0 saturated heterocycles. The van der Waals surface area contributed by atoms with Crippen LogP contribution in [0.5, 0.6) is 0 Å². The molecule has 14 heavy (non-hydrogen) atoms. The van der Waals surface area contributed by atoms with Gasteiger partial charge in [0.1, 0.15) is 0 Å². The highest BCUT2D eigenvalue weighted by Gasteiger charge is 2.51. The Balaban J connectivity index is 2.16. The van der Waals surface area contributed by atoms with E-state index in [0.717, 1.165) is 22.7 Å². The maximum Gasteiger partial charge on any atom is 0.0747 e. The number of aliphatic hydroxyl groups is 1. The molecule has 0 bridgehead atoms. The zero-order valence-electron chi connectivity index (χ0n) is 8.51. The molecule has 1 fully saturated rings. The SMILES string of the molecule is CC1(C)CCC1(O)Cc1sccc1Cl. The van der Waals surface area contributed by atoms with Gasteiger partial charge >= 0.3 is 0 Å². The van der Waals surface area contributed by atoms with Gasteiger partial charge < -0.3 is 5.11 Å². The molecule has 2 rings (SSSR count). The fourth-order valence-electron chi connectivity index (χ4n) is 1.96. The Kier molecular flexibility index (Phi) is 2.41. The summed E-state index contributed by atoms with van der Waals surface area (Å²) in [6.45, 7) is 4.25. The van der Waals surface area contributed by atoms with Crippen LogP contribution in [0.1, 0.15) is 31.6 Å². The van der Waals surface area contributed by atoms with Gasteiger partial charge in [-0.3, -0.25) is 0 Å². The van der Waals surface area contributed by atoms with E-state index in [0.29, 0.717) is 6.42 Å². The molecular weight excluding hydrogens is 216 g/mol. The first-order valence-electron chi connectivity index (χ1n) is 4.89. The van der Waals surface area contributed by atoms with Crippen molar-refractivity contribution in [2.45, 2.75) is 38.7 Å². The van der Waals surface area contributed by atoms with Gasteiger partial charge in [-0.2, -0.15) is 0 Å². The first-order chi connectivity index (χ1) is 6.45. The van der Waals surface area contributed by atoms with Crippen LogP contribution < -0.4 is 0 Å². The molecule has 1 aromatic heterocycles. The predicted octanol–water partition coefficient (Wildman–Crippen LogP) is 3.50. The Morgan fingerprint density at radius 2 is 2.21 bits per heavy atom. The predicted molar refractivity (Wildman–Crippen MR) is 61.0 cm³/mol. The van der Waals surface area contributed by atoms with E-state index >= 15 is 0 Å². The lowest BCUT2D eigenvalue weighted by Gasteiger charge is -2.52. The molecule has 1 unspecified atom stereocenters. The van der Waals surface area contributed by atoms with Gasteiger partial charge in [0.05, 0.1) is 10.6 Å². The third-order valence-electron chi connectivity index (χ3n) is 3.57. The van der Waals surface area contributed by atoms with Crippen LogP contribution >= 0.6 is 22.9 Å². The lowest BCUT2D eigenvalue weighted by atomic mass is 9.57. The third-order valence-corrected chi connectivity index (χ3v) is 4.95. The summed E-state index contributed by atoms with van der Waals surface area (Å²) in [4.78, 5) is 1.11. The van der Waals surface area contributed by atoms with Crippen molar-refractivity contribution >= 4 is 22.9 Å². The second-order valence-corrected chi connectivity index (χ2v) is 6.19. The van der Waals surface area contributed by atoms with Crippen molar-refractivity contribution in [1.29, 1.82) is 0 Å². The van der Waals surface area contributed by atoms with Crippen molar-refractivity contribution in [2.24, 2.45) is 5.41 Å². The summed E-state index contributed by atoms with van der Waals surface area (Å²) < 4.78 is 0. The summed E-state index contributed by atoms with van der Waals surface area (Å²) in [5, 5.41) is 13.2. The van der Waals surface area contributed by atoms with E-state index in [1.165, 1.54) is 0 Å². The molecule has 78 valence electrons. The molecule has 0 aromatic carbocycles. The standard InChI is InChI=1S/C11H15ClOS/c1-10(2)4-5-11(10,13)7-9-8(12)3-6-14-9/h3,6,13H,4-5,7H2,1-2H3. The van der Waals surface area contributed by atoms with Crippen molar-refractivity contribution in [3.05, 3.63) is 21.3 Å². The van der Waals surface area contributed by atoms with Crippen molar-refractivity contribution in [1.82, 2.24) is 0 Å². The molecule has 3 heteroatoms. The normalized spacial score (nSPS) is 30.0. The number of thiophene rings is 1. The molecular formula is C11H15ClOS.